The van der Waals surface area contributed by atoms with Crippen molar-refractivity contribution in [3.63, 3.8) is 0 Å². The van der Waals surface area contributed by atoms with Crippen LogP contribution in [0.15, 0.2) is 67.6 Å². The van der Waals surface area contributed by atoms with Crippen molar-refractivity contribution in [2.75, 3.05) is 5.32 Å². The van der Waals surface area contributed by atoms with E-state index in [2.05, 4.69) is 40.4 Å². The molecular formula is C26H21N9O. The smallest absolute Gasteiger partial charge is 0.224 e. The summed E-state index contributed by atoms with van der Waals surface area (Å²) >= 11 is 0. The molecule has 1 amide bonds. The molecule has 36 heavy (non-hydrogen) atoms. The third-order valence-electron chi connectivity index (χ3n) is 5.83. The summed E-state index contributed by atoms with van der Waals surface area (Å²) in [5.74, 6) is 0.576. The van der Waals surface area contributed by atoms with E-state index in [4.69, 9.17) is 4.98 Å². The first-order valence-corrected chi connectivity index (χ1v) is 11.5. The van der Waals surface area contributed by atoms with E-state index in [0.717, 1.165) is 45.0 Å². The monoisotopic (exact) mass is 475 g/mol. The van der Waals surface area contributed by atoms with E-state index in [1.165, 1.54) is 0 Å². The van der Waals surface area contributed by atoms with Crippen LogP contribution in [0.2, 0.25) is 0 Å². The fraction of sp³-hybridized carbons (Fsp3) is 0.115. The Kier molecular flexibility index (Phi) is 5.38. The number of amides is 1. The van der Waals surface area contributed by atoms with Crippen LogP contribution in [0.1, 0.15) is 19.8 Å². The van der Waals surface area contributed by atoms with Gasteiger partial charge in [0.05, 0.1) is 41.0 Å². The van der Waals surface area contributed by atoms with Crippen molar-refractivity contribution in [1.29, 1.82) is 0 Å². The first-order valence-electron chi connectivity index (χ1n) is 11.5. The number of hydrogen-bond acceptors (Lipinski definition) is 7. The van der Waals surface area contributed by atoms with Gasteiger partial charge < -0.3 is 10.3 Å². The average Bonchev–Trinajstić information content (AvgIpc) is 3.53. The summed E-state index contributed by atoms with van der Waals surface area (Å²) in [6.45, 7) is 1.97. The van der Waals surface area contributed by atoms with Crippen LogP contribution in [0.5, 0.6) is 0 Å². The maximum absolute atomic E-state index is 12.0. The lowest BCUT2D eigenvalue weighted by atomic mass is 10.1. The van der Waals surface area contributed by atoms with Gasteiger partial charge in [-0.05, 0) is 24.6 Å². The number of nitrogens with zero attached hydrogens (tertiary/aromatic N) is 6. The average molecular weight is 476 g/mol. The molecule has 6 heterocycles. The first kappa shape index (κ1) is 21.5. The minimum Gasteiger partial charge on any atom is -0.335 e. The zero-order valence-electron chi connectivity index (χ0n) is 19.4. The molecule has 0 aromatic carbocycles. The summed E-state index contributed by atoms with van der Waals surface area (Å²) < 4.78 is 0. The van der Waals surface area contributed by atoms with Crippen LogP contribution in [0.25, 0.3) is 55.8 Å². The minimum absolute atomic E-state index is 0.0398. The predicted octanol–water partition coefficient (Wildman–Crippen LogP) is 4.76. The third kappa shape index (κ3) is 3.94. The van der Waals surface area contributed by atoms with Gasteiger partial charge in [0.1, 0.15) is 11.2 Å². The molecule has 6 aromatic rings. The molecule has 176 valence electrons. The van der Waals surface area contributed by atoms with Crippen molar-refractivity contribution in [3.8, 4) is 33.9 Å². The Hall–Kier alpha value is -4.99. The molecule has 0 aliphatic carbocycles. The molecule has 0 atom stereocenters. The molecule has 0 unspecified atom stereocenters. The van der Waals surface area contributed by atoms with Crippen molar-refractivity contribution in [2.45, 2.75) is 19.8 Å². The largest absolute Gasteiger partial charge is 0.335 e. The van der Waals surface area contributed by atoms with E-state index in [9.17, 15) is 4.79 Å². The Bertz CT molecular complexity index is 1710. The van der Waals surface area contributed by atoms with Crippen LogP contribution in [-0.2, 0) is 4.79 Å². The van der Waals surface area contributed by atoms with Crippen LogP contribution in [-0.4, -0.2) is 46.0 Å². The highest BCUT2D eigenvalue weighted by molar-refractivity contribution is 5.97. The molecule has 10 nitrogen and oxygen atoms in total. The number of hydrogen-bond donors (Lipinski definition) is 3. The molecule has 0 spiro atoms. The van der Waals surface area contributed by atoms with E-state index in [0.29, 0.717) is 29.3 Å². The van der Waals surface area contributed by atoms with E-state index >= 15 is 0 Å². The Morgan fingerprint density at radius 2 is 1.86 bits per heavy atom. The van der Waals surface area contributed by atoms with Crippen molar-refractivity contribution in [3.05, 3.63) is 67.6 Å². The summed E-state index contributed by atoms with van der Waals surface area (Å²) in [6.07, 6.45) is 13.4. The summed E-state index contributed by atoms with van der Waals surface area (Å²) in [5.41, 5.74) is 6.98. The van der Waals surface area contributed by atoms with Gasteiger partial charge in [0.2, 0.25) is 5.91 Å². The number of H-pyrrole nitrogens is 2. The maximum Gasteiger partial charge on any atom is 0.224 e. The summed E-state index contributed by atoms with van der Waals surface area (Å²) in [7, 11) is 0. The molecule has 0 radical (unpaired) electrons. The van der Waals surface area contributed by atoms with Crippen molar-refractivity contribution >= 4 is 33.5 Å². The molecule has 0 bridgehead atoms. The van der Waals surface area contributed by atoms with Gasteiger partial charge in [-0.3, -0.25) is 29.8 Å². The van der Waals surface area contributed by atoms with Gasteiger partial charge in [-0.25, -0.2) is 4.98 Å². The fourth-order valence-corrected chi connectivity index (χ4v) is 4.13. The quantitative estimate of drug-likeness (QED) is 0.316. The van der Waals surface area contributed by atoms with Crippen molar-refractivity contribution < 1.29 is 4.79 Å². The van der Waals surface area contributed by atoms with E-state index in [1.54, 1.807) is 43.4 Å². The van der Waals surface area contributed by atoms with Gasteiger partial charge >= 0.3 is 0 Å². The number of imidazole rings is 1. The number of aromatic amines is 2. The number of aromatic nitrogens is 8. The van der Waals surface area contributed by atoms with Gasteiger partial charge in [0, 0.05) is 53.3 Å². The number of carbonyl (C=O) groups is 1. The number of fused-ring (bicyclic) bond motifs is 2. The van der Waals surface area contributed by atoms with Crippen molar-refractivity contribution in [2.24, 2.45) is 0 Å². The molecule has 3 N–H and O–H groups in total. The Morgan fingerprint density at radius 1 is 0.972 bits per heavy atom. The molecule has 0 aliphatic heterocycles. The standard InChI is InChI=1S/C26H21N9O/c1-2-4-23(36)31-17-7-16(10-28-11-17)20-8-18-21(14-30-20)34-35-25(18)26-32-22-13-29-12-19(24(22)33-26)15-5-3-6-27-9-15/h3,5-14H,2,4H2,1H3,(H,31,36)(H,32,33)(H,34,35). The molecule has 0 aliphatic rings. The van der Waals surface area contributed by atoms with Crippen LogP contribution in [0.4, 0.5) is 5.69 Å². The Morgan fingerprint density at radius 3 is 2.72 bits per heavy atom. The normalized spacial score (nSPS) is 11.2. The van der Waals surface area contributed by atoms with Crippen LogP contribution in [0, 0.1) is 0 Å². The number of pyridine rings is 4. The molecule has 0 saturated heterocycles. The van der Waals surface area contributed by atoms with E-state index in [1.807, 2.05) is 31.2 Å². The molecule has 10 heteroatoms. The topological polar surface area (TPSA) is 138 Å². The second-order valence-corrected chi connectivity index (χ2v) is 8.36. The molecule has 0 saturated carbocycles. The predicted molar refractivity (Wildman–Crippen MR) is 137 cm³/mol. The fourth-order valence-electron chi connectivity index (χ4n) is 4.13. The van der Waals surface area contributed by atoms with Gasteiger partial charge in [0.25, 0.3) is 0 Å². The maximum atomic E-state index is 12.0. The van der Waals surface area contributed by atoms with Crippen molar-refractivity contribution in [1.82, 2.24) is 40.1 Å². The SMILES string of the molecule is CCCC(=O)Nc1cncc(-c2cc3c(-c4nc5c(-c6cccnc6)cncc5[nH]4)n[nH]c3cn2)c1. The van der Waals surface area contributed by atoms with Gasteiger partial charge in [0.15, 0.2) is 5.82 Å². The molecular weight excluding hydrogens is 454 g/mol. The van der Waals surface area contributed by atoms with E-state index in [-0.39, 0.29) is 5.91 Å². The lowest BCUT2D eigenvalue weighted by molar-refractivity contribution is -0.116. The van der Waals surface area contributed by atoms with E-state index < -0.39 is 0 Å². The zero-order valence-corrected chi connectivity index (χ0v) is 19.4. The molecule has 6 aromatic heterocycles. The lowest BCUT2D eigenvalue weighted by Crippen LogP contribution is -2.10. The number of anilines is 1. The van der Waals surface area contributed by atoms with Gasteiger partial charge in [-0.15, -0.1) is 0 Å². The lowest BCUT2D eigenvalue weighted by Gasteiger charge is -2.06. The number of nitrogens with one attached hydrogen (secondary N) is 3. The minimum atomic E-state index is -0.0398. The molecule has 6 rings (SSSR count). The molecule has 0 fully saturated rings. The Labute approximate surface area is 205 Å². The first-order chi connectivity index (χ1) is 17.7. The van der Waals surface area contributed by atoms with Crippen LogP contribution < -0.4 is 5.32 Å². The second kappa shape index (κ2) is 8.99. The highest BCUT2D eigenvalue weighted by Gasteiger charge is 2.17. The summed E-state index contributed by atoms with van der Waals surface area (Å²) in [6, 6.07) is 7.67. The van der Waals surface area contributed by atoms with Gasteiger partial charge in [-0.1, -0.05) is 13.0 Å². The van der Waals surface area contributed by atoms with Gasteiger partial charge in [-0.2, -0.15) is 5.10 Å². The highest BCUT2D eigenvalue weighted by atomic mass is 16.1. The zero-order chi connectivity index (χ0) is 24.5. The second-order valence-electron chi connectivity index (χ2n) is 8.36. The summed E-state index contributed by atoms with van der Waals surface area (Å²) in [5, 5.41) is 11.3. The number of rotatable bonds is 6. The van der Waals surface area contributed by atoms with Crippen LogP contribution >= 0.6 is 0 Å². The Balaban J connectivity index is 1.40. The highest BCUT2D eigenvalue weighted by Crippen LogP contribution is 2.32. The van der Waals surface area contributed by atoms with Crippen LogP contribution in [0.3, 0.4) is 0 Å². The number of carbonyl (C=O) groups excluding carboxylic acids is 1. The third-order valence-corrected chi connectivity index (χ3v) is 5.83. The summed E-state index contributed by atoms with van der Waals surface area (Å²) in [4.78, 5) is 37.6.